The first kappa shape index (κ1) is 16.7. The van der Waals surface area contributed by atoms with E-state index in [0.717, 1.165) is 57.3 Å². The second-order valence-electron chi connectivity index (χ2n) is 7.55. The van der Waals surface area contributed by atoms with Crippen molar-refractivity contribution in [2.24, 2.45) is 0 Å². The number of aromatic nitrogens is 2. The summed E-state index contributed by atoms with van der Waals surface area (Å²) in [5.74, 6) is 2.03. The van der Waals surface area contributed by atoms with Crippen LogP contribution in [-0.4, -0.2) is 47.2 Å². The van der Waals surface area contributed by atoms with Crippen LogP contribution in [0.15, 0.2) is 12.2 Å². The molecule has 0 amide bonds. The summed E-state index contributed by atoms with van der Waals surface area (Å²) in [4.78, 5) is 15.1. The van der Waals surface area contributed by atoms with Crippen LogP contribution in [0.25, 0.3) is 10.2 Å². The van der Waals surface area contributed by atoms with Crippen LogP contribution in [0.1, 0.15) is 41.9 Å². The van der Waals surface area contributed by atoms with E-state index in [1.54, 1.807) is 0 Å². The van der Waals surface area contributed by atoms with E-state index in [1.165, 1.54) is 46.3 Å². The average Bonchev–Trinajstić information content (AvgIpc) is 3.29. The molecule has 26 heavy (non-hydrogen) atoms. The Morgan fingerprint density at radius 2 is 1.92 bits per heavy atom. The first-order chi connectivity index (χ1) is 12.9. The number of morpholine rings is 1. The number of fused-ring (bicyclic) bond motifs is 3. The molecule has 1 aliphatic heterocycles. The van der Waals surface area contributed by atoms with E-state index < -0.39 is 0 Å². The molecule has 2 aromatic rings. The Balaban J connectivity index is 1.51. The summed E-state index contributed by atoms with van der Waals surface area (Å²) in [6.07, 6.45) is 11.7. The fraction of sp³-hybridized carbons (Fsp3) is 0.600. The number of nitrogens with one attached hydrogen (secondary N) is 1. The lowest BCUT2D eigenvalue weighted by Gasteiger charge is -2.26. The van der Waals surface area contributed by atoms with Crippen molar-refractivity contribution in [1.82, 2.24) is 14.9 Å². The summed E-state index contributed by atoms with van der Waals surface area (Å²) in [7, 11) is 0. The Morgan fingerprint density at radius 3 is 2.77 bits per heavy atom. The van der Waals surface area contributed by atoms with Crippen molar-refractivity contribution < 1.29 is 4.74 Å². The predicted molar refractivity (Wildman–Crippen MR) is 106 cm³/mol. The van der Waals surface area contributed by atoms with Gasteiger partial charge in [-0.15, -0.1) is 11.3 Å². The van der Waals surface area contributed by atoms with Crippen LogP contribution < -0.4 is 5.32 Å². The van der Waals surface area contributed by atoms with Gasteiger partial charge in [0.25, 0.3) is 0 Å². The molecule has 1 N–H and O–H groups in total. The molecule has 0 saturated carbocycles. The van der Waals surface area contributed by atoms with Crippen molar-refractivity contribution in [3.05, 3.63) is 28.4 Å². The Kier molecular flexibility index (Phi) is 4.65. The summed E-state index contributed by atoms with van der Waals surface area (Å²) < 4.78 is 5.48. The van der Waals surface area contributed by atoms with Gasteiger partial charge in [0.1, 0.15) is 16.5 Å². The largest absolute Gasteiger partial charge is 0.379 e. The highest BCUT2D eigenvalue weighted by Crippen LogP contribution is 2.39. The molecular formula is C20H26N4OS. The van der Waals surface area contributed by atoms with Crippen LogP contribution in [-0.2, 0) is 24.1 Å². The van der Waals surface area contributed by atoms with Crippen LogP contribution in [0.5, 0.6) is 0 Å². The van der Waals surface area contributed by atoms with Gasteiger partial charge in [-0.2, -0.15) is 0 Å². The number of hydrogen-bond donors (Lipinski definition) is 1. The second kappa shape index (κ2) is 7.25. The fourth-order valence-electron chi connectivity index (χ4n) is 4.26. The Morgan fingerprint density at radius 1 is 1.12 bits per heavy atom. The summed E-state index contributed by atoms with van der Waals surface area (Å²) in [6.45, 7) is 4.39. The molecule has 0 atom stereocenters. The maximum atomic E-state index is 5.48. The number of rotatable bonds is 4. The molecule has 0 bridgehead atoms. The van der Waals surface area contributed by atoms with Crippen LogP contribution in [0.2, 0.25) is 0 Å². The van der Waals surface area contributed by atoms with Crippen molar-refractivity contribution in [2.75, 3.05) is 31.6 Å². The lowest BCUT2D eigenvalue weighted by Crippen LogP contribution is -2.36. The normalized spacial score (nSPS) is 21.4. The summed E-state index contributed by atoms with van der Waals surface area (Å²) in [5, 5.41) is 5.06. The highest BCUT2D eigenvalue weighted by Gasteiger charge is 2.23. The van der Waals surface area contributed by atoms with Gasteiger partial charge < -0.3 is 10.1 Å². The molecule has 0 unspecified atom stereocenters. The van der Waals surface area contributed by atoms with E-state index in [2.05, 4.69) is 22.4 Å². The number of hydrogen-bond acceptors (Lipinski definition) is 6. The number of nitrogens with zero attached hydrogens (tertiary/aromatic N) is 3. The van der Waals surface area contributed by atoms with E-state index in [0.29, 0.717) is 6.04 Å². The highest BCUT2D eigenvalue weighted by molar-refractivity contribution is 7.19. The van der Waals surface area contributed by atoms with Crippen molar-refractivity contribution in [2.45, 2.75) is 51.1 Å². The van der Waals surface area contributed by atoms with E-state index in [-0.39, 0.29) is 0 Å². The molecule has 2 aromatic heterocycles. The molecule has 0 radical (unpaired) electrons. The van der Waals surface area contributed by atoms with Crippen LogP contribution in [0.3, 0.4) is 0 Å². The molecule has 138 valence electrons. The molecule has 1 fully saturated rings. The summed E-state index contributed by atoms with van der Waals surface area (Å²) in [6, 6.07) is 0.475. The maximum Gasteiger partial charge on any atom is 0.146 e. The lowest BCUT2D eigenvalue weighted by atomic mass is 9.97. The van der Waals surface area contributed by atoms with Gasteiger partial charge in [0.15, 0.2) is 0 Å². The van der Waals surface area contributed by atoms with Crippen molar-refractivity contribution in [3.63, 3.8) is 0 Å². The zero-order chi connectivity index (χ0) is 17.3. The summed E-state index contributed by atoms with van der Waals surface area (Å²) >= 11 is 1.90. The molecule has 5 rings (SSSR count). The first-order valence-corrected chi connectivity index (χ1v) is 10.7. The number of thiophene rings is 1. The van der Waals surface area contributed by atoms with Gasteiger partial charge in [-0.1, -0.05) is 12.2 Å². The zero-order valence-corrected chi connectivity index (χ0v) is 16.0. The minimum atomic E-state index is 0.475. The van der Waals surface area contributed by atoms with Crippen molar-refractivity contribution in [3.8, 4) is 0 Å². The molecule has 6 heteroatoms. The van der Waals surface area contributed by atoms with Gasteiger partial charge >= 0.3 is 0 Å². The van der Waals surface area contributed by atoms with E-state index in [9.17, 15) is 0 Å². The Bertz CT molecular complexity index is 817. The van der Waals surface area contributed by atoms with Gasteiger partial charge in [-0.3, -0.25) is 4.90 Å². The number of aryl methyl sites for hydroxylation is 2. The molecular weight excluding hydrogens is 344 g/mol. The molecule has 5 nitrogen and oxygen atoms in total. The van der Waals surface area contributed by atoms with Gasteiger partial charge in [0.2, 0.25) is 0 Å². The molecule has 3 aliphatic rings. The molecule has 3 heterocycles. The van der Waals surface area contributed by atoms with Crippen LogP contribution in [0, 0.1) is 0 Å². The second-order valence-corrected chi connectivity index (χ2v) is 8.64. The third-order valence-electron chi connectivity index (χ3n) is 5.68. The number of anilines is 1. The van der Waals surface area contributed by atoms with E-state index >= 15 is 0 Å². The minimum absolute atomic E-state index is 0.475. The van der Waals surface area contributed by atoms with E-state index in [1.807, 2.05) is 11.3 Å². The Labute approximate surface area is 158 Å². The maximum absolute atomic E-state index is 5.48. The van der Waals surface area contributed by atoms with Gasteiger partial charge in [0, 0.05) is 24.0 Å². The topological polar surface area (TPSA) is 50.3 Å². The first-order valence-electron chi connectivity index (χ1n) is 9.89. The van der Waals surface area contributed by atoms with Crippen molar-refractivity contribution in [1.29, 1.82) is 0 Å². The lowest BCUT2D eigenvalue weighted by molar-refractivity contribution is 0.0331. The zero-order valence-electron chi connectivity index (χ0n) is 15.2. The highest BCUT2D eigenvalue weighted by atomic mass is 32.1. The average molecular weight is 371 g/mol. The third-order valence-corrected chi connectivity index (χ3v) is 6.86. The monoisotopic (exact) mass is 370 g/mol. The molecule has 0 aromatic carbocycles. The predicted octanol–water partition coefficient (Wildman–Crippen LogP) is 3.53. The SMILES string of the molecule is C1=CCC(Nc2nc(CN3CCOCC3)nc3sc4c(c23)CCCC4)C1. The number of ether oxygens (including phenoxy) is 1. The van der Waals surface area contributed by atoms with Gasteiger partial charge in [0.05, 0.1) is 25.1 Å². The molecule has 2 aliphatic carbocycles. The van der Waals surface area contributed by atoms with Crippen molar-refractivity contribution >= 4 is 27.4 Å². The van der Waals surface area contributed by atoms with Gasteiger partial charge in [-0.25, -0.2) is 9.97 Å². The van der Waals surface area contributed by atoms with E-state index in [4.69, 9.17) is 14.7 Å². The Hall–Kier alpha value is -1.50. The smallest absolute Gasteiger partial charge is 0.146 e. The molecule has 1 saturated heterocycles. The third kappa shape index (κ3) is 3.26. The standard InChI is InChI=1S/C20H26N4OS/c1-2-6-14(5-1)21-19-18-15-7-3-4-8-16(15)26-20(18)23-17(22-19)13-24-9-11-25-12-10-24/h1-2,14H,3-13H2,(H,21,22,23). The minimum Gasteiger partial charge on any atom is -0.379 e. The quantitative estimate of drug-likeness (QED) is 0.835. The van der Waals surface area contributed by atoms with Crippen LogP contribution in [0.4, 0.5) is 5.82 Å². The van der Waals surface area contributed by atoms with Gasteiger partial charge in [-0.05, 0) is 44.1 Å². The molecule has 0 spiro atoms. The van der Waals surface area contributed by atoms with Crippen LogP contribution >= 0.6 is 11.3 Å². The fourth-order valence-corrected chi connectivity index (χ4v) is 5.54. The summed E-state index contributed by atoms with van der Waals surface area (Å²) in [5.41, 5.74) is 1.52.